The maximum absolute atomic E-state index is 10.1. The molecule has 0 aliphatic carbocycles. The Morgan fingerprint density at radius 3 is 2.24 bits per heavy atom. The largest absolute Gasteiger partial charge is 0.508 e. The van der Waals surface area contributed by atoms with Gasteiger partial charge in [-0.1, -0.05) is 6.07 Å². The average molecular weight is 475 g/mol. The van der Waals surface area contributed by atoms with Crippen LogP contribution in [0.25, 0.3) is 21.5 Å². The summed E-state index contributed by atoms with van der Waals surface area (Å²) in [6.07, 6.45) is 3.65. The third kappa shape index (κ3) is 4.12. The molecule has 1 unspecified atom stereocenters. The Labute approximate surface area is 205 Å². The third-order valence-corrected chi connectivity index (χ3v) is 7.32. The number of nitrogens with two attached hydrogens (primary N) is 1. The maximum atomic E-state index is 10.1. The van der Waals surface area contributed by atoms with E-state index in [1.165, 1.54) is 41.3 Å². The highest BCUT2D eigenvalue weighted by Crippen LogP contribution is 2.44. The molecule has 5 nitrogen and oxygen atoms in total. The lowest BCUT2D eigenvalue weighted by atomic mass is 9.85. The minimum atomic E-state index is 0.295. The summed E-state index contributed by atoms with van der Waals surface area (Å²) in [6.45, 7) is 2.18. The van der Waals surface area contributed by atoms with Crippen LogP contribution < -0.4 is 15.2 Å². The molecule has 4 aromatic carbocycles. The first-order valence-electron chi connectivity index (χ1n) is 11.6. The summed E-state index contributed by atoms with van der Waals surface area (Å²) in [5, 5.41) is 14.8. The van der Waals surface area contributed by atoms with Crippen molar-refractivity contribution in [2.45, 2.75) is 36.7 Å². The molecule has 176 valence electrons. The van der Waals surface area contributed by atoms with Gasteiger partial charge < -0.3 is 20.3 Å². The van der Waals surface area contributed by atoms with E-state index < -0.39 is 0 Å². The molecule has 6 rings (SSSR count). The molecule has 2 aliphatic heterocycles. The summed E-state index contributed by atoms with van der Waals surface area (Å²) < 4.78 is 11.1. The predicted octanol–water partition coefficient (Wildman–Crippen LogP) is 5.79. The quantitative estimate of drug-likeness (QED) is 0.195. The predicted molar refractivity (Wildman–Crippen MR) is 141 cm³/mol. The van der Waals surface area contributed by atoms with Crippen molar-refractivity contribution >= 4 is 39.9 Å². The molecule has 34 heavy (non-hydrogen) atoms. The number of nitrogens with zero attached hydrogens (tertiary/aromatic N) is 1. The Hall–Kier alpha value is -3.09. The zero-order valence-electron chi connectivity index (χ0n) is 19.5. The van der Waals surface area contributed by atoms with E-state index in [0.29, 0.717) is 11.8 Å². The molecule has 0 bridgehead atoms. The SMILES string of the molecule is COc1cc2c3c(c4ccc(O)cc4c2cc1OC)CN1CCCC1C3.Nc1ccc(S)cc1. The summed E-state index contributed by atoms with van der Waals surface area (Å²) in [5.41, 5.74) is 9.01. The summed E-state index contributed by atoms with van der Waals surface area (Å²) >= 11 is 4.08. The summed E-state index contributed by atoms with van der Waals surface area (Å²) in [4.78, 5) is 3.56. The molecule has 0 saturated carbocycles. The second kappa shape index (κ2) is 9.28. The number of thiol groups is 1. The van der Waals surface area contributed by atoms with Crippen LogP contribution in [0.3, 0.4) is 0 Å². The molecular formula is C28H30N2O3S. The van der Waals surface area contributed by atoms with Crippen molar-refractivity contribution in [3.8, 4) is 17.2 Å². The smallest absolute Gasteiger partial charge is 0.161 e. The van der Waals surface area contributed by atoms with Crippen LogP contribution in [0.4, 0.5) is 5.69 Å². The fraction of sp³-hybridized carbons (Fsp3) is 0.286. The molecular weight excluding hydrogens is 444 g/mol. The Bertz CT molecular complexity index is 1330. The monoisotopic (exact) mass is 474 g/mol. The van der Waals surface area contributed by atoms with E-state index in [4.69, 9.17) is 15.2 Å². The van der Waals surface area contributed by atoms with Gasteiger partial charge in [0.2, 0.25) is 0 Å². The number of phenolic OH excluding ortho intramolecular Hbond substituents is 1. The second-order valence-electron chi connectivity index (χ2n) is 9.00. The van der Waals surface area contributed by atoms with Crippen LogP contribution in [0.15, 0.2) is 59.5 Å². The number of hydrogen-bond donors (Lipinski definition) is 3. The number of benzene rings is 4. The van der Waals surface area contributed by atoms with Crippen molar-refractivity contribution in [2.24, 2.45) is 0 Å². The maximum Gasteiger partial charge on any atom is 0.161 e. The first-order chi connectivity index (χ1) is 16.5. The number of phenols is 1. The zero-order chi connectivity index (χ0) is 23.8. The molecule has 0 spiro atoms. The van der Waals surface area contributed by atoms with Crippen molar-refractivity contribution in [1.29, 1.82) is 0 Å². The van der Waals surface area contributed by atoms with Gasteiger partial charge in [-0.3, -0.25) is 4.90 Å². The van der Waals surface area contributed by atoms with Gasteiger partial charge in [-0.15, -0.1) is 12.6 Å². The molecule has 2 heterocycles. The van der Waals surface area contributed by atoms with Gasteiger partial charge in [-0.25, -0.2) is 0 Å². The molecule has 0 radical (unpaired) electrons. The average Bonchev–Trinajstić information content (AvgIpc) is 3.32. The lowest BCUT2D eigenvalue weighted by Gasteiger charge is -2.33. The number of anilines is 1. The topological polar surface area (TPSA) is 68.0 Å². The molecule has 1 saturated heterocycles. The van der Waals surface area contributed by atoms with Crippen molar-refractivity contribution in [2.75, 3.05) is 26.5 Å². The first-order valence-corrected chi connectivity index (χ1v) is 12.0. The lowest BCUT2D eigenvalue weighted by Crippen LogP contribution is -2.35. The minimum Gasteiger partial charge on any atom is -0.508 e. The van der Waals surface area contributed by atoms with Crippen LogP contribution in [-0.2, 0) is 13.0 Å². The second-order valence-corrected chi connectivity index (χ2v) is 9.52. The van der Waals surface area contributed by atoms with Crippen LogP contribution in [0.1, 0.15) is 24.0 Å². The van der Waals surface area contributed by atoms with E-state index in [9.17, 15) is 5.11 Å². The van der Waals surface area contributed by atoms with Crippen molar-refractivity contribution in [3.05, 3.63) is 65.7 Å². The van der Waals surface area contributed by atoms with Gasteiger partial charge in [0.15, 0.2) is 11.5 Å². The van der Waals surface area contributed by atoms with Crippen LogP contribution in [-0.4, -0.2) is 36.8 Å². The van der Waals surface area contributed by atoms with Crippen molar-refractivity contribution < 1.29 is 14.6 Å². The highest BCUT2D eigenvalue weighted by Gasteiger charge is 2.32. The number of rotatable bonds is 2. The molecule has 1 fully saturated rings. The molecule has 1 atom stereocenters. The van der Waals surface area contributed by atoms with Crippen LogP contribution in [0.2, 0.25) is 0 Å². The van der Waals surface area contributed by atoms with Crippen LogP contribution >= 0.6 is 12.6 Å². The summed E-state index contributed by atoms with van der Waals surface area (Å²) in [5.74, 6) is 1.78. The van der Waals surface area contributed by atoms with Gasteiger partial charge in [0, 0.05) is 23.2 Å². The Kier molecular flexibility index (Phi) is 6.19. The van der Waals surface area contributed by atoms with E-state index in [-0.39, 0.29) is 0 Å². The molecule has 3 N–H and O–H groups in total. The molecule has 0 aromatic heterocycles. The third-order valence-electron chi connectivity index (χ3n) is 7.02. The van der Waals surface area contributed by atoms with E-state index in [1.54, 1.807) is 20.3 Å². The molecule has 4 aromatic rings. The van der Waals surface area contributed by atoms with Gasteiger partial charge in [0.25, 0.3) is 0 Å². The number of nitrogen functional groups attached to an aromatic ring is 1. The van der Waals surface area contributed by atoms with E-state index in [1.807, 2.05) is 30.3 Å². The first kappa shape index (κ1) is 22.7. The summed E-state index contributed by atoms with van der Waals surface area (Å²) in [7, 11) is 3.35. The van der Waals surface area contributed by atoms with Gasteiger partial charge in [-0.05, 0) is 107 Å². The Morgan fingerprint density at radius 2 is 1.56 bits per heavy atom. The van der Waals surface area contributed by atoms with Crippen LogP contribution in [0, 0.1) is 0 Å². The number of aromatic hydroxyl groups is 1. The molecule has 0 amide bonds. The highest BCUT2D eigenvalue weighted by molar-refractivity contribution is 7.80. The number of fused-ring (bicyclic) bond motifs is 7. The highest BCUT2D eigenvalue weighted by atomic mass is 32.1. The zero-order valence-corrected chi connectivity index (χ0v) is 20.4. The fourth-order valence-electron chi connectivity index (χ4n) is 5.36. The van der Waals surface area contributed by atoms with Gasteiger partial charge in [0.05, 0.1) is 14.2 Å². The van der Waals surface area contributed by atoms with Gasteiger partial charge >= 0.3 is 0 Å². The van der Waals surface area contributed by atoms with E-state index in [2.05, 4.69) is 35.7 Å². The Balaban J connectivity index is 0.000000257. The molecule has 2 aliphatic rings. The summed E-state index contributed by atoms with van der Waals surface area (Å²) in [6, 6.07) is 17.9. The van der Waals surface area contributed by atoms with E-state index >= 15 is 0 Å². The van der Waals surface area contributed by atoms with Crippen molar-refractivity contribution in [3.63, 3.8) is 0 Å². The normalized spacial score (nSPS) is 17.1. The fourth-order valence-corrected chi connectivity index (χ4v) is 5.51. The number of methoxy groups -OCH3 is 2. The van der Waals surface area contributed by atoms with Gasteiger partial charge in [-0.2, -0.15) is 0 Å². The number of ether oxygens (including phenoxy) is 2. The molecule has 6 heteroatoms. The number of hydrogen-bond acceptors (Lipinski definition) is 6. The van der Waals surface area contributed by atoms with Crippen molar-refractivity contribution in [1.82, 2.24) is 4.90 Å². The standard InChI is InChI=1S/C22H23NO3.C6H7NS/c1-25-21-10-18-16-8-13-4-3-7-23(13)12-20(16)15-6-5-14(24)9-17(15)19(18)11-22(21)26-2;7-5-1-3-6(8)4-2-5/h5-6,9-11,13,24H,3-4,7-8,12H2,1-2H3;1-4,8H,7H2. The minimum absolute atomic E-state index is 0.295. The van der Waals surface area contributed by atoms with E-state index in [0.717, 1.165) is 45.8 Å². The Morgan fingerprint density at radius 1 is 0.882 bits per heavy atom. The lowest BCUT2D eigenvalue weighted by molar-refractivity contribution is 0.229. The van der Waals surface area contributed by atoms with Crippen LogP contribution in [0.5, 0.6) is 17.2 Å². The van der Waals surface area contributed by atoms with Gasteiger partial charge in [0.1, 0.15) is 5.75 Å².